The van der Waals surface area contributed by atoms with E-state index in [2.05, 4.69) is 5.32 Å². The second-order valence-corrected chi connectivity index (χ2v) is 5.44. The Morgan fingerprint density at radius 1 is 1.14 bits per heavy atom. The fourth-order valence-electron chi connectivity index (χ4n) is 1.50. The van der Waals surface area contributed by atoms with Gasteiger partial charge in [-0.05, 0) is 23.6 Å². The molecule has 0 aliphatic carbocycles. The van der Waals surface area contributed by atoms with Gasteiger partial charge in [0, 0.05) is 11.6 Å². The average Bonchev–Trinajstić information content (AvgIpc) is 2.45. The van der Waals surface area contributed by atoms with E-state index < -0.39 is 12.1 Å². The highest BCUT2D eigenvalue weighted by Crippen LogP contribution is 2.17. The Kier molecular flexibility index (Phi) is 7.02. The summed E-state index contributed by atoms with van der Waals surface area (Å²) in [6.45, 7) is 5.42. The summed E-state index contributed by atoms with van der Waals surface area (Å²) in [5.41, 5.74) is 1.06. The van der Waals surface area contributed by atoms with Crippen LogP contribution in [0, 0.1) is 5.92 Å². The smallest absolute Gasteiger partial charge is 0.410 e. The molecule has 1 aromatic rings. The molecule has 5 nitrogen and oxygen atoms in total. The van der Waals surface area contributed by atoms with Crippen LogP contribution in [0.1, 0.15) is 32.3 Å². The predicted molar refractivity (Wildman–Crippen MR) is 80.1 cm³/mol. The number of carbonyl (C=O) groups excluding carboxylic acids is 2. The summed E-state index contributed by atoms with van der Waals surface area (Å²) in [7, 11) is 0. The zero-order valence-corrected chi connectivity index (χ0v) is 13.1. The first-order valence-electron chi connectivity index (χ1n) is 6.73. The van der Waals surface area contributed by atoms with E-state index in [0.29, 0.717) is 11.6 Å². The maximum atomic E-state index is 11.4. The Morgan fingerprint density at radius 2 is 1.76 bits per heavy atom. The zero-order chi connectivity index (χ0) is 15.8. The quantitative estimate of drug-likeness (QED) is 0.646. The van der Waals surface area contributed by atoms with E-state index in [-0.39, 0.29) is 18.6 Å². The summed E-state index contributed by atoms with van der Waals surface area (Å²) in [6, 6.07) is 7.42. The van der Waals surface area contributed by atoms with Crippen LogP contribution in [-0.2, 0) is 14.3 Å². The van der Waals surface area contributed by atoms with Crippen molar-refractivity contribution in [1.29, 1.82) is 0 Å². The highest BCUT2D eigenvalue weighted by molar-refractivity contribution is 6.30. The van der Waals surface area contributed by atoms with Gasteiger partial charge in [0.25, 0.3) is 0 Å². The largest absolute Gasteiger partial charge is 0.428 e. The minimum atomic E-state index is -0.618. The molecule has 6 heteroatoms. The summed E-state index contributed by atoms with van der Waals surface area (Å²) in [5, 5.41) is 3.28. The molecule has 1 amide bonds. The maximum absolute atomic E-state index is 11.4. The summed E-state index contributed by atoms with van der Waals surface area (Å²) < 4.78 is 9.50. The van der Waals surface area contributed by atoms with Crippen LogP contribution in [0.2, 0.25) is 5.02 Å². The van der Waals surface area contributed by atoms with Crippen LogP contribution in [-0.4, -0.2) is 25.4 Å². The third kappa shape index (κ3) is 6.49. The van der Waals surface area contributed by atoms with Crippen LogP contribution in [0.25, 0.3) is 0 Å². The number of rotatable bonds is 6. The Balaban J connectivity index is 2.26. The first-order valence-corrected chi connectivity index (χ1v) is 7.10. The molecule has 1 rings (SSSR count). The molecule has 0 fully saturated rings. The monoisotopic (exact) mass is 313 g/mol. The number of amides is 1. The van der Waals surface area contributed by atoms with E-state index in [4.69, 9.17) is 21.1 Å². The molecule has 0 bridgehead atoms. The first-order chi connectivity index (χ1) is 9.90. The van der Waals surface area contributed by atoms with Crippen molar-refractivity contribution >= 4 is 23.7 Å². The lowest BCUT2D eigenvalue weighted by Gasteiger charge is -2.13. The van der Waals surface area contributed by atoms with Gasteiger partial charge < -0.3 is 14.8 Å². The van der Waals surface area contributed by atoms with E-state index in [9.17, 15) is 9.59 Å². The number of nitrogens with one attached hydrogen (secondary N) is 1. The van der Waals surface area contributed by atoms with Gasteiger partial charge in [-0.25, -0.2) is 4.79 Å². The van der Waals surface area contributed by atoms with Crippen LogP contribution in [0.5, 0.6) is 0 Å². The number of alkyl carbamates (subject to hydrolysis) is 1. The zero-order valence-electron chi connectivity index (χ0n) is 12.4. The molecule has 1 atom stereocenters. The molecule has 0 saturated heterocycles. The molecule has 0 radical (unpaired) electrons. The van der Waals surface area contributed by atoms with Crippen LogP contribution in [0.15, 0.2) is 24.3 Å². The number of carbonyl (C=O) groups is 2. The molecule has 0 unspecified atom stereocenters. The minimum Gasteiger partial charge on any atom is -0.428 e. The van der Waals surface area contributed by atoms with Crippen molar-refractivity contribution in [1.82, 2.24) is 5.32 Å². The standard InChI is InChI=1S/C15H20ClNO4/c1-10(2)14(18)20-9-21-15(19)17-8-11(3)12-4-6-13(16)7-5-12/h4-7,10-11H,8-9H2,1-3H3,(H,17,19)/t11-/m0/s1. The van der Waals surface area contributed by atoms with E-state index >= 15 is 0 Å². The topological polar surface area (TPSA) is 64.6 Å². The van der Waals surface area contributed by atoms with E-state index in [1.807, 2.05) is 19.1 Å². The number of hydrogen-bond acceptors (Lipinski definition) is 4. The second-order valence-electron chi connectivity index (χ2n) is 5.00. The van der Waals surface area contributed by atoms with Gasteiger partial charge in [-0.15, -0.1) is 0 Å². The highest BCUT2D eigenvalue weighted by Gasteiger charge is 2.11. The van der Waals surface area contributed by atoms with Crippen LogP contribution >= 0.6 is 11.6 Å². The second kappa shape index (κ2) is 8.52. The third-order valence-corrected chi connectivity index (χ3v) is 3.11. The van der Waals surface area contributed by atoms with Crippen molar-refractivity contribution in [3.63, 3.8) is 0 Å². The summed E-state index contributed by atoms with van der Waals surface area (Å²) in [4.78, 5) is 22.6. The molecule has 1 aromatic carbocycles. The Morgan fingerprint density at radius 3 is 2.33 bits per heavy atom. The van der Waals surface area contributed by atoms with E-state index in [1.54, 1.807) is 26.0 Å². The Hall–Kier alpha value is -1.75. The van der Waals surface area contributed by atoms with Gasteiger partial charge in [-0.3, -0.25) is 4.79 Å². The molecule has 0 aromatic heterocycles. The molecular formula is C15H20ClNO4. The average molecular weight is 314 g/mol. The molecule has 0 aliphatic heterocycles. The van der Waals surface area contributed by atoms with Crippen molar-refractivity contribution in [3.8, 4) is 0 Å². The van der Waals surface area contributed by atoms with E-state index in [1.165, 1.54) is 0 Å². The van der Waals surface area contributed by atoms with Gasteiger partial charge in [0.15, 0.2) is 0 Å². The number of esters is 1. The van der Waals surface area contributed by atoms with Crippen molar-refractivity contribution in [2.75, 3.05) is 13.3 Å². The lowest BCUT2D eigenvalue weighted by molar-refractivity contribution is -0.155. The number of hydrogen-bond donors (Lipinski definition) is 1. The van der Waals surface area contributed by atoms with Crippen LogP contribution in [0.3, 0.4) is 0 Å². The van der Waals surface area contributed by atoms with Crippen molar-refractivity contribution in [3.05, 3.63) is 34.9 Å². The van der Waals surface area contributed by atoms with Gasteiger partial charge in [-0.2, -0.15) is 0 Å². The lowest BCUT2D eigenvalue weighted by Crippen LogP contribution is -2.29. The predicted octanol–water partition coefficient (Wildman–Crippen LogP) is 3.33. The van der Waals surface area contributed by atoms with Gasteiger partial charge in [-0.1, -0.05) is 44.5 Å². The first kappa shape index (κ1) is 17.3. The molecule has 1 N–H and O–H groups in total. The molecule has 116 valence electrons. The Bertz CT molecular complexity index is 473. The third-order valence-electron chi connectivity index (χ3n) is 2.85. The van der Waals surface area contributed by atoms with Crippen LogP contribution < -0.4 is 5.32 Å². The van der Waals surface area contributed by atoms with Gasteiger partial charge >= 0.3 is 12.1 Å². The summed E-state index contributed by atoms with van der Waals surface area (Å²) in [5.74, 6) is -0.535. The van der Waals surface area contributed by atoms with Crippen LogP contribution in [0.4, 0.5) is 4.79 Å². The van der Waals surface area contributed by atoms with Gasteiger partial charge in [0.2, 0.25) is 6.79 Å². The van der Waals surface area contributed by atoms with Crippen molar-refractivity contribution < 1.29 is 19.1 Å². The summed E-state index contributed by atoms with van der Waals surface area (Å²) >= 11 is 5.82. The lowest BCUT2D eigenvalue weighted by atomic mass is 10.0. The highest BCUT2D eigenvalue weighted by atomic mass is 35.5. The number of benzene rings is 1. The normalized spacial score (nSPS) is 11.9. The van der Waals surface area contributed by atoms with Gasteiger partial charge in [0.05, 0.1) is 5.92 Å². The summed E-state index contributed by atoms with van der Waals surface area (Å²) in [6.07, 6.45) is -0.618. The fourth-order valence-corrected chi connectivity index (χ4v) is 1.63. The number of ether oxygens (including phenoxy) is 2. The molecule has 0 saturated carbocycles. The molecule has 0 heterocycles. The van der Waals surface area contributed by atoms with Gasteiger partial charge in [0.1, 0.15) is 0 Å². The molecule has 0 spiro atoms. The molecule has 0 aliphatic rings. The van der Waals surface area contributed by atoms with Crippen molar-refractivity contribution in [2.45, 2.75) is 26.7 Å². The van der Waals surface area contributed by atoms with Crippen molar-refractivity contribution in [2.24, 2.45) is 5.92 Å². The van der Waals surface area contributed by atoms with E-state index in [0.717, 1.165) is 5.56 Å². The molecular weight excluding hydrogens is 294 g/mol. The maximum Gasteiger partial charge on any atom is 0.410 e. The fraction of sp³-hybridized carbons (Fsp3) is 0.467. The minimum absolute atomic E-state index is 0.119. The Labute approximate surface area is 129 Å². The SMILES string of the molecule is CC(C)C(=O)OCOC(=O)NC[C@H](C)c1ccc(Cl)cc1. The number of halogens is 1. The molecule has 21 heavy (non-hydrogen) atoms.